The molecule has 1 N–H and O–H groups in total. The van der Waals surface area contributed by atoms with Gasteiger partial charge in [0, 0.05) is 25.4 Å². The maximum Gasteiger partial charge on any atom is 0.237 e. The first-order chi connectivity index (χ1) is 11.5. The largest absolute Gasteiger partial charge is 0.492 e. The van der Waals surface area contributed by atoms with Gasteiger partial charge in [-0.25, -0.2) is 0 Å². The SMILES string of the molecule is Cc1cccc(OCCNC(=O)C(C)N(C)Cc2cnn(C)c2)c1. The van der Waals surface area contributed by atoms with Crippen molar-refractivity contribution in [3.8, 4) is 5.75 Å². The normalized spacial score (nSPS) is 12.2. The molecule has 0 saturated heterocycles. The van der Waals surface area contributed by atoms with E-state index in [1.54, 1.807) is 4.68 Å². The summed E-state index contributed by atoms with van der Waals surface area (Å²) >= 11 is 0. The molecule has 0 radical (unpaired) electrons. The van der Waals surface area contributed by atoms with Crippen LogP contribution in [0.2, 0.25) is 0 Å². The first kappa shape index (κ1) is 18.0. The number of ether oxygens (including phenoxy) is 1. The number of amides is 1. The third-order valence-corrected chi connectivity index (χ3v) is 3.89. The number of likely N-dealkylation sites (N-methyl/N-ethyl adjacent to an activating group) is 1. The Morgan fingerprint density at radius 1 is 1.46 bits per heavy atom. The van der Waals surface area contributed by atoms with Crippen LogP contribution in [0.4, 0.5) is 0 Å². The van der Waals surface area contributed by atoms with Crippen molar-refractivity contribution >= 4 is 5.91 Å². The summed E-state index contributed by atoms with van der Waals surface area (Å²) in [5, 5.41) is 7.06. The molecular formula is C18H26N4O2. The Kier molecular flexibility index (Phi) is 6.37. The van der Waals surface area contributed by atoms with Crippen LogP contribution in [0, 0.1) is 6.92 Å². The zero-order valence-electron chi connectivity index (χ0n) is 14.8. The van der Waals surface area contributed by atoms with Crippen molar-refractivity contribution < 1.29 is 9.53 Å². The van der Waals surface area contributed by atoms with Gasteiger partial charge >= 0.3 is 0 Å². The number of aryl methyl sites for hydroxylation is 2. The predicted molar refractivity (Wildman–Crippen MR) is 93.8 cm³/mol. The summed E-state index contributed by atoms with van der Waals surface area (Å²) < 4.78 is 7.40. The van der Waals surface area contributed by atoms with E-state index in [1.165, 1.54) is 0 Å². The lowest BCUT2D eigenvalue weighted by atomic mass is 10.2. The van der Waals surface area contributed by atoms with Gasteiger partial charge in [0.1, 0.15) is 12.4 Å². The number of rotatable bonds is 8. The Labute approximate surface area is 143 Å². The number of nitrogens with one attached hydrogen (secondary N) is 1. The van der Waals surface area contributed by atoms with E-state index < -0.39 is 0 Å². The van der Waals surface area contributed by atoms with Crippen molar-refractivity contribution in [2.45, 2.75) is 26.4 Å². The highest BCUT2D eigenvalue weighted by molar-refractivity contribution is 5.81. The summed E-state index contributed by atoms with van der Waals surface area (Å²) in [4.78, 5) is 14.2. The van der Waals surface area contributed by atoms with Gasteiger partial charge in [-0.3, -0.25) is 14.4 Å². The molecule has 2 aromatic rings. The van der Waals surface area contributed by atoms with E-state index in [2.05, 4.69) is 10.4 Å². The van der Waals surface area contributed by atoms with E-state index in [0.717, 1.165) is 16.9 Å². The fourth-order valence-electron chi connectivity index (χ4n) is 2.37. The molecule has 0 saturated carbocycles. The van der Waals surface area contributed by atoms with E-state index in [9.17, 15) is 4.79 Å². The summed E-state index contributed by atoms with van der Waals surface area (Å²) in [7, 11) is 3.81. The van der Waals surface area contributed by atoms with Crippen molar-refractivity contribution in [1.29, 1.82) is 0 Å². The second-order valence-corrected chi connectivity index (χ2v) is 6.07. The molecule has 1 amide bonds. The molecule has 1 aromatic heterocycles. The fourth-order valence-corrected chi connectivity index (χ4v) is 2.37. The van der Waals surface area contributed by atoms with Crippen LogP contribution in [0.5, 0.6) is 5.75 Å². The standard InChI is InChI=1S/C18H26N4O2/c1-14-6-5-7-17(10-14)24-9-8-19-18(23)15(2)21(3)12-16-11-20-22(4)13-16/h5-7,10-11,13,15H,8-9,12H2,1-4H3,(H,19,23). The van der Waals surface area contributed by atoms with Gasteiger partial charge in [-0.2, -0.15) is 5.10 Å². The Morgan fingerprint density at radius 3 is 2.92 bits per heavy atom. The van der Waals surface area contributed by atoms with Gasteiger partial charge in [0.05, 0.1) is 18.8 Å². The maximum atomic E-state index is 12.2. The summed E-state index contributed by atoms with van der Waals surface area (Å²) in [5.41, 5.74) is 2.24. The Morgan fingerprint density at radius 2 is 2.25 bits per heavy atom. The molecule has 1 atom stereocenters. The smallest absolute Gasteiger partial charge is 0.237 e. The number of benzene rings is 1. The Bertz CT molecular complexity index is 669. The van der Waals surface area contributed by atoms with E-state index in [0.29, 0.717) is 19.7 Å². The zero-order chi connectivity index (χ0) is 17.5. The molecule has 0 aliphatic carbocycles. The molecule has 0 fully saturated rings. The van der Waals surface area contributed by atoms with Crippen LogP contribution in [0.15, 0.2) is 36.7 Å². The van der Waals surface area contributed by atoms with Gasteiger partial charge in [-0.05, 0) is 38.6 Å². The molecule has 2 rings (SSSR count). The van der Waals surface area contributed by atoms with Gasteiger partial charge in [-0.1, -0.05) is 12.1 Å². The average molecular weight is 330 g/mol. The van der Waals surface area contributed by atoms with E-state index in [-0.39, 0.29) is 11.9 Å². The minimum absolute atomic E-state index is 0.00534. The van der Waals surface area contributed by atoms with Gasteiger partial charge in [0.25, 0.3) is 0 Å². The van der Waals surface area contributed by atoms with Gasteiger partial charge < -0.3 is 10.1 Å². The maximum absolute atomic E-state index is 12.2. The average Bonchev–Trinajstić information content (AvgIpc) is 2.95. The van der Waals surface area contributed by atoms with Gasteiger partial charge in [0.15, 0.2) is 0 Å². The Balaban J connectivity index is 1.71. The van der Waals surface area contributed by atoms with Crippen LogP contribution in [0.1, 0.15) is 18.1 Å². The summed E-state index contributed by atoms with van der Waals surface area (Å²) in [5.74, 6) is 0.820. The van der Waals surface area contributed by atoms with Gasteiger partial charge in [0.2, 0.25) is 5.91 Å². The third-order valence-electron chi connectivity index (χ3n) is 3.89. The number of hydrogen-bond donors (Lipinski definition) is 1. The van der Waals surface area contributed by atoms with Crippen LogP contribution in [0.25, 0.3) is 0 Å². The van der Waals surface area contributed by atoms with Gasteiger partial charge in [-0.15, -0.1) is 0 Å². The molecule has 0 bridgehead atoms. The monoisotopic (exact) mass is 330 g/mol. The second-order valence-electron chi connectivity index (χ2n) is 6.07. The van der Waals surface area contributed by atoms with Crippen molar-refractivity contribution in [2.75, 3.05) is 20.2 Å². The lowest BCUT2D eigenvalue weighted by Gasteiger charge is -2.23. The molecule has 0 aliphatic heterocycles. The van der Waals surface area contributed by atoms with Crippen molar-refractivity contribution in [1.82, 2.24) is 20.0 Å². The quantitative estimate of drug-likeness (QED) is 0.749. The number of hydrogen-bond acceptors (Lipinski definition) is 4. The van der Waals surface area contributed by atoms with Crippen molar-refractivity contribution in [2.24, 2.45) is 7.05 Å². The molecule has 1 unspecified atom stereocenters. The molecule has 0 spiro atoms. The highest BCUT2D eigenvalue weighted by Crippen LogP contribution is 2.11. The van der Waals surface area contributed by atoms with E-state index in [1.807, 2.05) is 69.5 Å². The minimum atomic E-state index is -0.218. The van der Waals surface area contributed by atoms with Crippen LogP contribution in [0.3, 0.4) is 0 Å². The molecular weight excluding hydrogens is 304 g/mol. The summed E-state index contributed by atoms with van der Waals surface area (Å²) in [6, 6.07) is 7.66. The van der Waals surface area contributed by atoms with E-state index >= 15 is 0 Å². The molecule has 130 valence electrons. The highest BCUT2D eigenvalue weighted by Gasteiger charge is 2.18. The summed E-state index contributed by atoms with van der Waals surface area (Å²) in [6.45, 7) is 5.54. The molecule has 6 heteroatoms. The first-order valence-corrected chi connectivity index (χ1v) is 8.10. The van der Waals surface area contributed by atoms with Crippen LogP contribution < -0.4 is 10.1 Å². The van der Waals surface area contributed by atoms with Crippen LogP contribution >= 0.6 is 0 Å². The molecule has 1 heterocycles. The number of nitrogens with zero attached hydrogens (tertiary/aromatic N) is 3. The predicted octanol–water partition coefficient (Wildman–Crippen LogP) is 1.74. The summed E-state index contributed by atoms with van der Waals surface area (Å²) in [6.07, 6.45) is 3.77. The van der Waals surface area contributed by atoms with Crippen LogP contribution in [-0.4, -0.2) is 46.8 Å². The topological polar surface area (TPSA) is 59.4 Å². The lowest BCUT2D eigenvalue weighted by molar-refractivity contribution is -0.125. The highest BCUT2D eigenvalue weighted by atomic mass is 16.5. The molecule has 0 aliphatic rings. The van der Waals surface area contributed by atoms with Crippen molar-refractivity contribution in [3.63, 3.8) is 0 Å². The number of carbonyl (C=O) groups excluding carboxylic acids is 1. The first-order valence-electron chi connectivity index (χ1n) is 8.10. The molecule has 1 aromatic carbocycles. The zero-order valence-corrected chi connectivity index (χ0v) is 14.8. The fraction of sp³-hybridized carbons (Fsp3) is 0.444. The lowest BCUT2D eigenvalue weighted by Crippen LogP contribution is -2.44. The van der Waals surface area contributed by atoms with Crippen LogP contribution in [-0.2, 0) is 18.4 Å². The third kappa shape index (κ3) is 5.38. The Hall–Kier alpha value is -2.34. The second kappa shape index (κ2) is 8.49. The van der Waals surface area contributed by atoms with E-state index in [4.69, 9.17) is 4.74 Å². The molecule has 6 nitrogen and oxygen atoms in total. The number of carbonyl (C=O) groups is 1. The molecule has 24 heavy (non-hydrogen) atoms. The minimum Gasteiger partial charge on any atom is -0.492 e. The van der Waals surface area contributed by atoms with Crippen molar-refractivity contribution in [3.05, 3.63) is 47.8 Å². The number of aromatic nitrogens is 2.